The molecule has 0 aliphatic heterocycles. The lowest BCUT2D eigenvalue weighted by Crippen LogP contribution is -2.29. The monoisotopic (exact) mass is 287 g/mol. The van der Waals surface area contributed by atoms with Gasteiger partial charge in [-0.05, 0) is 25.1 Å². The molecule has 2 rings (SSSR count). The fraction of sp³-hybridized carbons (Fsp3) is 0.333. The summed E-state index contributed by atoms with van der Waals surface area (Å²) in [6.07, 6.45) is -3.09. The van der Waals surface area contributed by atoms with Gasteiger partial charge in [0.25, 0.3) is 0 Å². The molecule has 0 aliphatic rings. The second-order valence-corrected chi connectivity index (χ2v) is 4.18. The number of rotatable bonds is 4. The van der Waals surface area contributed by atoms with Crippen molar-refractivity contribution in [3.8, 4) is 0 Å². The van der Waals surface area contributed by atoms with Crippen molar-refractivity contribution < 1.29 is 22.4 Å². The molecule has 20 heavy (non-hydrogen) atoms. The molecule has 0 bridgehead atoms. The maximum Gasteiger partial charge on any atom is 0.433 e. The number of aromatic nitrogens is 2. The third kappa shape index (κ3) is 3.40. The zero-order valence-electron chi connectivity index (χ0n) is 10.6. The average molecular weight is 287 g/mol. The first-order valence-corrected chi connectivity index (χ1v) is 5.77. The van der Waals surface area contributed by atoms with Crippen LogP contribution in [0.2, 0.25) is 0 Å². The molecule has 2 aromatic heterocycles. The van der Waals surface area contributed by atoms with Gasteiger partial charge in [-0.1, -0.05) is 0 Å². The van der Waals surface area contributed by atoms with Gasteiger partial charge in [0, 0.05) is 0 Å². The lowest BCUT2D eigenvalue weighted by molar-refractivity contribution is -0.144. The lowest BCUT2D eigenvalue weighted by Gasteiger charge is -2.10. The van der Waals surface area contributed by atoms with Gasteiger partial charge in [0.05, 0.1) is 18.5 Å². The minimum Gasteiger partial charge on any atom is -0.467 e. The van der Waals surface area contributed by atoms with E-state index in [4.69, 9.17) is 4.42 Å². The van der Waals surface area contributed by atoms with Crippen LogP contribution in [0.3, 0.4) is 0 Å². The summed E-state index contributed by atoms with van der Waals surface area (Å²) < 4.78 is 43.8. The van der Waals surface area contributed by atoms with Crippen LogP contribution in [0.4, 0.5) is 13.2 Å². The summed E-state index contributed by atoms with van der Waals surface area (Å²) in [5.74, 6) is -0.0546. The summed E-state index contributed by atoms with van der Waals surface area (Å²) in [5.41, 5.74) is -0.737. The number of halogens is 3. The van der Waals surface area contributed by atoms with Crippen LogP contribution in [0.15, 0.2) is 28.9 Å². The molecule has 0 aliphatic carbocycles. The summed E-state index contributed by atoms with van der Waals surface area (Å²) in [6.45, 7) is 1.06. The summed E-state index contributed by atoms with van der Waals surface area (Å²) in [5, 5.41) is 6.14. The molecule has 0 spiro atoms. The molecule has 0 fully saturated rings. The van der Waals surface area contributed by atoms with Gasteiger partial charge >= 0.3 is 6.18 Å². The van der Waals surface area contributed by atoms with Crippen LogP contribution in [-0.2, 0) is 24.1 Å². The molecule has 0 saturated carbocycles. The van der Waals surface area contributed by atoms with E-state index in [1.807, 2.05) is 0 Å². The maximum atomic E-state index is 12.7. The van der Waals surface area contributed by atoms with Crippen LogP contribution < -0.4 is 5.32 Å². The highest BCUT2D eigenvalue weighted by Crippen LogP contribution is 2.29. The van der Waals surface area contributed by atoms with Gasteiger partial charge in [-0.2, -0.15) is 18.3 Å². The van der Waals surface area contributed by atoms with Gasteiger partial charge in [-0.3, -0.25) is 9.48 Å². The molecule has 0 saturated heterocycles. The van der Waals surface area contributed by atoms with E-state index in [9.17, 15) is 18.0 Å². The molecule has 1 amide bonds. The van der Waals surface area contributed by atoms with Crippen LogP contribution in [0.25, 0.3) is 0 Å². The number of carbonyl (C=O) groups excluding carboxylic acids is 1. The van der Waals surface area contributed by atoms with Crippen molar-refractivity contribution in [3.63, 3.8) is 0 Å². The SMILES string of the molecule is Cc1cc(C(F)(F)F)n(CC(=O)NCc2ccco2)n1. The molecular formula is C12H12F3N3O2. The Morgan fingerprint density at radius 2 is 2.25 bits per heavy atom. The lowest BCUT2D eigenvalue weighted by atomic mass is 10.3. The highest BCUT2D eigenvalue weighted by molar-refractivity contribution is 5.75. The van der Waals surface area contributed by atoms with Crippen LogP contribution in [-0.4, -0.2) is 15.7 Å². The first-order valence-electron chi connectivity index (χ1n) is 5.77. The van der Waals surface area contributed by atoms with E-state index < -0.39 is 24.3 Å². The molecule has 108 valence electrons. The molecular weight excluding hydrogens is 275 g/mol. The predicted molar refractivity (Wildman–Crippen MR) is 62.5 cm³/mol. The Balaban J connectivity index is 2.01. The van der Waals surface area contributed by atoms with Crippen LogP contribution in [0, 0.1) is 6.92 Å². The van der Waals surface area contributed by atoms with Crippen molar-refractivity contribution in [2.45, 2.75) is 26.2 Å². The third-order valence-corrected chi connectivity index (χ3v) is 2.53. The molecule has 0 radical (unpaired) electrons. The number of aryl methyl sites for hydroxylation is 1. The van der Waals surface area contributed by atoms with Crippen molar-refractivity contribution in [1.82, 2.24) is 15.1 Å². The first kappa shape index (κ1) is 14.2. The van der Waals surface area contributed by atoms with Gasteiger partial charge in [0.15, 0.2) is 0 Å². The number of hydrogen-bond acceptors (Lipinski definition) is 3. The van der Waals surface area contributed by atoms with Gasteiger partial charge in [0.2, 0.25) is 5.91 Å². The first-order chi connectivity index (χ1) is 9.36. The molecule has 2 heterocycles. The van der Waals surface area contributed by atoms with E-state index in [2.05, 4.69) is 10.4 Å². The van der Waals surface area contributed by atoms with Gasteiger partial charge in [0.1, 0.15) is 18.0 Å². The largest absolute Gasteiger partial charge is 0.467 e. The van der Waals surface area contributed by atoms with Gasteiger partial charge in [-0.25, -0.2) is 0 Å². The van der Waals surface area contributed by atoms with E-state index in [0.717, 1.165) is 6.07 Å². The van der Waals surface area contributed by atoms with Crippen molar-refractivity contribution in [2.24, 2.45) is 0 Å². The number of amides is 1. The van der Waals surface area contributed by atoms with E-state index in [0.29, 0.717) is 10.4 Å². The standard InChI is InChI=1S/C12H12F3N3O2/c1-8-5-10(12(13,14)15)18(17-8)7-11(19)16-6-9-3-2-4-20-9/h2-5H,6-7H2,1H3,(H,16,19). The molecule has 0 atom stereocenters. The summed E-state index contributed by atoms with van der Waals surface area (Å²) >= 11 is 0. The number of furan rings is 1. The Morgan fingerprint density at radius 3 is 2.85 bits per heavy atom. The minimum atomic E-state index is -4.54. The van der Waals surface area contributed by atoms with E-state index in [-0.39, 0.29) is 12.2 Å². The molecule has 0 unspecified atom stereocenters. The number of nitrogens with one attached hydrogen (secondary N) is 1. The van der Waals surface area contributed by atoms with Gasteiger partial charge < -0.3 is 9.73 Å². The maximum absolute atomic E-state index is 12.7. The fourth-order valence-electron chi connectivity index (χ4n) is 1.68. The second-order valence-electron chi connectivity index (χ2n) is 4.18. The Kier molecular flexibility index (Phi) is 3.82. The Hall–Kier alpha value is -2.25. The third-order valence-electron chi connectivity index (χ3n) is 2.53. The smallest absolute Gasteiger partial charge is 0.433 e. The highest BCUT2D eigenvalue weighted by atomic mass is 19.4. The van der Waals surface area contributed by atoms with Crippen molar-refractivity contribution in [2.75, 3.05) is 0 Å². The Morgan fingerprint density at radius 1 is 1.50 bits per heavy atom. The zero-order valence-corrected chi connectivity index (χ0v) is 10.6. The summed E-state index contributed by atoms with van der Waals surface area (Å²) in [7, 11) is 0. The van der Waals surface area contributed by atoms with E-state index in [1.165, 1.54) is 13.2 Å². The van der Waals surface area contributed by atoms with Gasteiger partial charge in [-0.15, -0.1) is 0 Å². The number of alkyl halides is 3. The average Bonchev–Trinajstić information content (AvgIpc) is 2.95. The number of carbonyl (C=O) groups is 1. The molecule has 8 heteroatoms. The fourth-order valence-corrected chi connectivity index (χ4v) is 1.68. The number of nitrogens with zero attached hydrogens (tertiary/aromatic N) is 2. The molecule has 1 N–H and O–H groups in total. The Bertz CT molecular complexity index is 588. The van der Waals surface area contributed by atoms with E-state index >= 15 is 0 Å². The van der Waals surface area contributed by atoms with Crippen LogP contribution in [0.5, 0.6) is 0 Å². The summed E-state index contributed by atoms with van der Waals surface area (Å²) in [6, 6.07) is 4.21. The molecule has 5 nitrogen and oxygen atoms in total. The quantitative estimate of drug-likeness (QED) is 0.937. The normalized spacial score (nSPS) is 11.6. The minimum absolute atomic E-state index is 0.118. The van der Waals surface area contributed by atoms with Crippen molar-refractivity contribution in [1.29, 1.82) is 0 Å². The van der Waals surface area contributed by atoms with Crippen LogP contribution in [0.1, 0.15) is 17.1 Å². The molecule has 0 aromatic carbocycles. The van der Waals surface area contributed by atoms with Crippen LogP contribution >= 0.6 is 0 Å². The van der Waals surface area contributed by atoms with Crippen molar-refractivity contribution in [3.05, 3.63) is 41.6 Å². The predicted octanol–water partition coefficient (Wildman–Crippen LogP) is 2.12. The summed E-state index contributed by atoms with van der Waals surface area (Å²) in [4.78, 5) is 11.6. The zero-order chi connectivity index (χ0) is 14.8. The number of hydrogen-bond donors (Lipinski definition) is 1. The Labute approximate surface area is 112 Å². The second kappa shape index (κ2) is 5.40. The highest BCUT2D eigenvalue weighted by Gasteiger charge is 2.35. The molecule has 2 aromatic rings. The van der Waals surface area contributed by atoms with Crippen molar-refractivity contribution >= 4 is 5.91 Å². The topological polar surface area (TPSA) is 60.1 Å². The van der Waals surface area contributed by atoms with E-state index in [1.54, 1.807) is 12.1 Å².